The van der Waals surface area contributed by atoms with Crippen LogP contribution in [-0.2, 0) is 11.3 Å². The van der Waals surface area contributed by atoms with Gasteiger partial charge in [0.15, 0.2) is 6.04 Å². The van der Waals surface area contributed by atoms with Crippen LogP contribution in [0.4, 0.5) is 18.9 Å². The lowest BCUT2D eigenvalue weighted by Crippen LogP contribution is -2.58. The van der Waals surface area contributed by atoms with E-state index in [4.69, 9.17) is 11.6 Å². The number of nitrogens with zero attached hydrogens (tertiary/aromatic N) is 3. The van der Waals surface area contributed by atoms with E-state index in [1.807, 2.05) is 5.32 Å². The molecule has 3 aliphatic carbocycles. The van der Waals surface area contributed by atoms with Gasteiger partial charge < -0.3 is 10.6 Å². The van der Waals surface area contributed by atoms with Crippen molar-refractivity contribution in [2.75, 3.05) is 5.32 Å². The second-order valence-electron chi connectivity index (χ2n) is 9.86. The Hall–Kier alpha value is -2.62. The maximum Gasteiger partial charge on any atom is 0.412 e. The molecule has 11 heteroatoms. The van der Waals surface area contributed by atoms with Gasteiger partial charge in [-0.3, -0.25) is 14.6 Å². The Kier molecular flexibility index (Phi) is 6.39. The summed E-state index contributed by atoms with van der Waals surface area (Å²) >= 11 is 6.27. The van der Waals surface area contributed by atoms with Crippen molar-refractivity contribution in [2.24, 2.45) is 23.2 Å². The summed E-state index contributed by atoms with van der Waals surface area (Å²) in [7, 11) is 0. The minimum Gasteiger partial charge on any atom is -0.379 e. The average Bonchev–Trinajstić information content (AvgIpc) is 2.77. The number of rotatable bonds is 6. The first-order valence-electron chi connectivity index (χ1n) is 11.2. The van der Waals surface area contributed by atoms with Crippen molar-refractivity contribution in [1.82, 2.24) is 20.1 Å². The van der Waals surface area contributed by atoms with E-state index in [-0.39, 0.29) is 16.6 Å². The quantitative estimate of drug-likeness (QED) is 0.624. The first-order valence-corrected chi connectivity index (χ1v) is 11.6. The van der Waals surface area contributed by atoms with Gasteiger partial charge in [0.25, 0.3) is 5.56 Å². The zero-order chi connectivity index (χ0) is 24.8. The van der Waals surface area contributed by atoms with Gasteiger partial charge in [-0.05, 0) is 53.7 Å². The molecule has 0 aliphatic heterocycles. The minimum atomic E-state index is -4.73. The maximum atomic E-state index is 13.5. The molecular weight excluding hydrogens is 471 g/mol. The van der Waals surface area contributed by atoms with Crippen LogP contribution in [0.2, 0.25) is 5.02 Å². The molecule has 0 saturated heterocycles. The van der Waals surface area contributed by atoms with E-state index in [0.717, 1.165) is 23.2 Å². The van der Waals surface area contributed by atoms with Crippen LogP contribution in [-0.4, -0.2) is 32.9 Å². The fourth-order valence-corrected chi connectivity index (χ4v) is 5.67. The van der Waals surface area contributed by atoms with Crippen LogP contribution in [0, 0.1) is 23.2 Å². The number of amides is 1. The zero-order valence-electron chi connectivity index (χ0n) is 19.1. The highest BCUT2D eigenvalue weighted by Crippen LogP contribution is 2.61. The van der Waals surface area contributed by atoms with E-state index in [2.05, 4.69) is 36.2 Å². The van der Waals surface area contributed by atoms with Crippen LogP contribution in [0.25, 0.3) is 0 Å². The van der Waals surface area contributed by atoms with Crippen molar-refractivity contribution in [1.29, 1.82) is 0 Å². The third-order valence-corrected chi connectivity index (χ3v) is 8.01. The summed E-state index contributed by atoms with van der Waals surface area (Å²) in [5.41, 5.74) is -0.245. The molecule has 3 saturated carbocycles. The van der Waals surface area contributed by atoms with Gasteiger partial charge in [0.1, 0.15) is 11.6 Å². The average molecular weight is 498 g/mol. The summed E-state index contributed by atoms with van der Waals surface area (Å²) in [5.74, 6) is 0.552. The largest absolute Gasteiger partial charge is 0.412 e. The zero-order valence-corrected chi connectivity index (χ0v) is 19.8. The number of alkyl halides is 3. The topological polar surface area (TPSA) is 88.9 Å². The predicted molar refractivity (Wildman–Crippen MR) is 121 cm³/mol. The van der Waals surface area contributed by atoms with Crippen molar-refractivity contribution < 1.29 is 18.0 Å². The van der Waals surface area contributed by atoms with Crippen molar-refractivity contribution in [3.8, 4) is 0 Å². The number of aromatic nitrogens is 3. The summed E-state index contributed by atoms with van der Waals surface area (Å²) in [5, 5.41) is 9.08. The predicted octanol–water partition coefficient (Wildman–Crippen LogP) is 4.19. The lowest BCUT2D eigenvalue weighted by atomic mass is 9.45. The van der Waals surface area contributed by atoms with Crippen molar-refractivity contribution in [2.45, 2.75) is 58.4 Å². The van der Waals surface area contributed by atoms with Crippen molar-refractivity contribution >= 4 is 23.2 Å². The number of hydrogen-bond acceptors (Lipinski definition) is 5. The third-order valence-electron chi connectivity index (χ3n) is 7.65. The SMILES string of the molecule is C[C@H]1[C@H](Nc2cnn(CC(=O)NC(c3ccncc3)C(F)(F)F)c(=O)c2Cl)C[C@H]2C[C@@H]1C2(C)C. The molecule has 3 aliphatic rings. The van der Waals surface area contributed by atoms with Gasteiger partial charge in [0.2, 0.25) is 5.91 Å². The molecule has 5 atom stereocenters. The molecule has 1 unspecified atom stereocenters. The number of pyridine rings is 1. The summed E-state index contributed by atoms with van der Waals surface area (Å²) in [4.78, 5) is 28.8. The number of anilines is 1. The first-order chi connectivity index (χ1) is 15.9. The molecule has 7 nitrogen and oxygen atoms in total. The van der Waals surface area contributed by atoms with E-state index >= 15 is 0 Å². The Bertz CT molecular complexity index is 1120. The van der Waals surface area contributed by atoms with Gasteiger partial charge in [-0.15, -0.1) is 0 Å². The standard InChI is InChI=1S/C23H27ClF3N5O2/c1-12-15-8-14(22(15,2)3)9-16(12)30-17-10-29-32(21(34)19(17)24)11-18(33)31-20(23(25,26)27)13-4-6-28-7-5-13/h4-7,10,12,14-16,20,30H,8-9,11H2,1-3H3,(H,31,33)/t12-,14-,15+,16-,20?/m1/s1. The fraction of sp³-hybridized carbons (Fsp3) is 0.565. The molecule has 3 fully saturated rings. The highest BCUT2D eigenvalue weighted by atomic mass is 35.5. The second kappa shape index (κ2) is 8.87. The highest BCUT2D eigenvalue weighted by molar-refractivity contribution is 6.32. The number of nitrogens with one attached hydrogen (secondary N) is 2. The van der Waals surface area contributed by atoms with Gasteiger partial charge in [-0.25, -0.2) is 4.68 Å². The molecule has 2 aromatic rings. The summed E-state index contributed by atoms with van der Waals surface area (Å²) in [6, 6.07) is 0.232. The molecule has 0 spiro atoms. The number of hydrogen-bond donors (Lipinski definition) is 2. The number of carbonyl (C=O) groups excluding carboxylic acids is 1. The lowest BCUT2D eigenvalue weighted by molar-refractivity contribution is -0.163. The molecule has 0 aromatic carbocycles. The van der Waals surface area contributed by atoms with E-state index in [1.54, 1.807) is 0 Å². The summed E-state index contributed by atoms with van der Waals surface area (Å²) in [6.07, 6.45) is 1.19. The first kappa shape index (κ1) is 24.5. The van der Waals surface area contributed by atoms with Gasteiger partial charge >= 0.3 is 6.18 Å². The molecule has 184 valence electrons. The Balaban J connectivity index is 1.45. The van der Waals surface area contributed by atoms with Crippen LogP contribution < -0.4 is 16.2 Å². The molecule has 2 N–H and O–H groups in total. The van der Waals surface area contributed by atoms with Crippen LogP contribution >= 0.6 is 11.6 Å². The Morgan fingerprint density at radius 1 is 1.29 bits per heavy atom. The molecule has 1 amide bonds. The van der Waals surface area contributed by atoms with Gasteiger partial charge in [-0.2, -0.15) is 18.3 Å². The Labute approximate surface area is 200 Å². The Morgan fingerprint density at radius 3 is 2.56 bits per heavy atom. The molecule has 2 bridgehead atoms. The number of carbonyl (C=O) groups is 1. The van der Waals surface area contributed by atoms with Crippen LogP contribution in [0.15, 0.2) is 35.5 Å². The van der Waals surface area contributed by atoms with E-state index in [9.17, 15) is 22.8 Å². The third kappa shape index (κ3) is 4.52. The van der Waals surface area contributed by atoms with Crippen molar-refractivity contribution in [3.05, 3.63) is 51.7 Å². The summed E-state index contributed by atoms with van der Waals surface area (Å²) in [6.45, 7) is 6.07. The van der Waals surface area contributed by atoms with E-state index in [0.29, 0.717) is 28.9 Å². The van der Waals surface area contributed by atoms with Gasteiger partial charge in [0, 0.05) is 18.4 Å². The normalized spacial score (nSPS) is 26.3. The monoisotopic (exact) mass is 497 g/mol. The van der Waals surface area contributed by atoms with Crippen molar-refractivity contribution in [3.63, 3.8) is 0 Å². The molecule has 0 radical (unpaired) electrons. The molecule has 2 aromatic heterocycles. The maximum absolute atomic E-state index is 13.5. The highest BCUT2D eigenvalue weighted by Gasteiger charge is 2.56. The molecule has 2 heterocycles. The van der Waals surface area contributed by atoms with Gasteiger partial charge in [0.05, 0.1) is 11.9 Å². The lowest BCUT2D eigenvalue weighted by Gasteiger charge is -2.62. The molecule has 5 rings (SSSR count). The Morgan fingerprint density at radius 2 is 1.97 bits per heavy atom. The molecule has 34 heavy (non-hydrogen) atoms. The van der Waals surface area contributed by atoms with Crippen LogP contribution in [0.3, 0.4) is 0 Å². The minimum absolute atomic E-state index is 0.141. The number of fused-ring (bicyclic) bond motifs is 2. The summed E-state index contributed by atoms with van der Waals surface area (Å²) < 4.78 is 41.2. The smallest absolute Gasteiger partial charge is 0.379 e. The second-order valence-corrected chi connectivity index (χ2v) is 10.2. The van der Waals surface area contributed by atoms with E-state index in [1.165, 1.54) is 25.0 Å². The van der Waals surface area contributed by atoms with Gasteiger partial charge in [-0.1, -0.05) is 32.4 Å². The van der Waals surface area contributed by atoms with Crippen LogP contribution in [0.5, 0.6) is 0 Å². The van der Waals surface area contributed by atoms with E-state index < -0.39 is 30.2 Å². The van der Waals surface area contributed by atoms with Crippen LogP contribution in [0.1, 0.15) is 45.2 Å². The molecular formula is C23H27ClF3N5O2. The fourth-order valence-electron chi connectivity index (χ4n) is 5.47. The number of halogens is 4.